The number of hydrogen-bond acceptors (Lipinski definition) is 4. The highest BCUT2D eigenvalue weighted by molar-refractivity contribution is 5.99. The lowest BCUT2D eigenvalue weighted by atomic mass is 10.1. The maximum Gasteiger partial charge on any atom is 0.274 e. The number of amides is 1. The second-order valence-corrected chi connectivity index (χ2v) is 8.85. The zero-order valence-electron chi connectivity index (χ0n) is 17.6. The Morgan fingerprint density at radius 1 is 1.18 bits per heavy atom. The van der Waals surface area contributed by atoms with Crippen LogP contribution in [-0.2, 0) is 0 Å². The number of pyridine rings is 1. The number of rotatable bonds is 6. The standard InChI is InChI=1S/C22H33N5O/c1-16-14-25(15-17(2)26(16)13-7-11-24(3)4)22(28)20-19-8-5-6-12-27(19)21(23-20)18-9-10-18/h5-6,8,12,16-18H,7,9-11,13-15H2,1-4H3. The Hall–Kier alpha value is -1.92. The number of piperazine rings is 1. The van der Waals surface area contributed by atoms with Gasteiger partial charge in [0.25, 0.3) is 5.91 Å². The minimum absolute atomic E-state index is 0.0854. The Balaban J connectivity index is 1.50. The van der Waals surface area contributed by atoms with E-state index in [1.54, 1.807) is 0 Å². The Labute approximate surface area is 168 Å². The third kappa shape index (κ3) is 3.80. The van der Waals surface area contributed by atoms with E-state index in [1.165, 1.54) is 12.8 Å². The molecule has 2 fully saturated rings. The molecule has 1 amide bonds. The van der Waals surface area contributed by atoms with Crippen molar-refractivity contribution in [2.24, 2.45) is 0 Å². The van der Waals surface area contributed by atoms with Crippen LogP contribution >= 0.6 is 0 Å². The third-order valence-corrected chi connectivity index (χ3v) is 6.13. The van der Waals surface area contributed by atoms with Crippen molar-refractivity contribution in [2.45, 2.75) is 51.1 Å². The molecule has 2 aromatic rings. The largest absolute Gasteiger partial charge is 0.334 e. The molecular formula is C22H33N5O. The van der Waals surface area contributed by atoms with Gasteiger partial charge in [-0.1, -0.05) is 6.07 Å². The van der Waals surface area contributed by atoms with Gasteiger partial charge in [0.05, 0.1) is 5.52 Å². The van der Waals surface area contributed by atoms with Crippen molar-refractivity contribution >= 4 is 11.4 Å². The quantitative estimate of drug-likeness (QED) is 0.769. The molecule has 3 heterocycles. The second kappa shape index (κ2) is 7.84. The molecule has 0 radical (unpaired) electrons. The molecule has 1 aliphatic heterocycles. The molecule has 152 valence electrons. The molecule has 2 unspecified atom stereocenters. The monoisotopic (exact) mass is 383 g/mol. The van der Waals surface area contributed by atoms with Crippen LogP contribution in [0.2, 0.25) is 0 Å². The Morgan fingerprint density at radius 2 is 1.89 bits per heavy atom. The highest BCUT2D eigenvalue weighted by Gasteiger charge is 2.35. The summed E-state index contributed by atoms with van der Waals surface area (Å²) >= 11 is 0. The van der Waals surface area contributed by atoms with Crippen LogP contribution in [0.5, 0.6) is 0 Å². The van der Waals surface area contributed by atoms with E-state index in [1.807, 2.05) is 29.3 Å². The SMILES string of the molecule is CC1CN(C(=O)c2nc(C3CC3)n3ccccc23)CC(C)N1CCCN(C)C. The maximum absolute atomic E-state index is 13.4. The van der Waals surface area contributed by atoms with E-state index in [4.69, 9.17) is 4.98 Å². The molecule has 2 aliphatic rings. The predicted octanol–water partition coefficient (Wildman–Crippen LogP) is 2.70. The Morgan fingerprint density at radius 3 is 2.54 bits per heavy atom. The molecule has 6 nitrogen and oxygen atoms in total. The third-order valence-electron chi connectivity index (χ3n) is 6.13. The van der Waals surface area contributed by atoms with Crippen LogP contribution in [0.3, 0.4) is 0 Å². The van der Waals surface area contributed by atoms with Crippen LogP contribution in [-0.4, -0.2) is 82.3 Å². The van der Waals surface area contributed by atoms with Crippen molar-refractivity contribution in [1.29, 1.82) is 0 Å². The van der Waals surface area contributed by atoms with E-state index in [9.17, 15) is 4.79 Å². The van der Waals surface area contributed by atoms with Crippen LogP contribution in [0.25, 0.3) is 5.52 Å². The summed E-state index contributed by atoms with van der Waals surface area (Å²) in [4.78, 5) is 25.0. The average molecular weight is 384 g/mol. The Kier molecular flexibility index (Phi) is 5.43. The molecule has 0 aromatic carbocycles. The van der Waals surface area contributed by atoms with Crippen molar-refractivity contribution in [3.05, 3.63) is 35.9 Å². The molecule has 2 atom stereocenters. The van der Waals surface area contributed by atoms with Gasteiger partial charge in [-0.15, -0.1) is 0 Å². The van der Waals surface area contributed by atoms with Gasteiger partial charge in [0.1, 0.15) is 5.82 Å². The van der Waals surface area contributed by atoms with Crippen LogP contribution in [0.1, 0.15) is 55.3 Å². The lowest BCUT2D eigenvalue weighted by Crippen LogP contribution is -2.58. The van der Waals surface area contributed by atoms with E-state index in [0.717, 1.165) is 43.9 Å². The first-order valence-corrected chi connectivity index (χ1v) is 10.6. The number of nitrogens with zero attached hydrogens (tertiary/aromatic N) is 5. The maximum atomic E-state index is 13.4. The highest BCUT2D eigenvalue weighted by Crippen LogP contribution is 2.40. The van der Waals surface area contributed by atoms with E-state index in [-0.39, 0.29) is 5.91 Å². The minimum Gasteiger partial charge on any atom is -0.334 e. The van der Waals surface area contributed by atoms with Gasteiger partial charge >= 0.3 is 0 Å². The number of carbonyl (C=O) groups is 1. The molecule has 1 saturated heterocycles. The van der Waals surface area contributed by atoms with Gasteiger partial charge in [0, 0.05) is 43.8 Å². The minimum atomic E-state index is 0.0854. The summed E-state index contributed by atoms with van der Waals surface area (Å²) in [5, 5.41) is 0. The number of hydrogen-bond donors (Lipinski definition) is 0. The van der Waals surface area contributed by atoms with Crippen LogP contribution in [0, 0.1) is 0 Å². The van der Waals surface area contributed by atoms with Gasteiger partial charge in [-0.3, -0.25) is 9.69 Å². The number of carbonyl (C=O) groups excluding carboxylic acids is 1. The topological polar surface area (TPSA) is 44.1 Å². The summed E-state index contributed by atoms with van der Waals surface area (Å²) < 4.78 is 2.12. The lowest BCUT2D eigenvalue weighted by Gasteiger charge is -2.44. The van der Waals surface area contributed by atoms with Crippen LogP contribution < -0.4 is 0 Å². The number of aromatic nitrogens is 2. The summed E-state index contributed by atoms with van der Waals surface area (Å²) in [6.07, 6.45) is 5.56. The second-order valence-electron chi connectivity index (χ2n) is 8.85. The zero-order valence-corrected chi connectivity index (χ0v) is 17.6. The first-order chi connectivity index (χ1) is 13.5. The van der Waals surface area contributed by atoms with Crippen LogP contribution in [0.15, 0.2) is 24.4 Å². The predicted molar refractivity (Wildman–Crippen MR) is 112 cm³/mol. The molecule has 6 heteroatoms. The molecule has 4 rings (SSSR count). The lowest BCUT2D eigenvalue weighted by molar-refractivity contribution is 0.0292. The molecule has 1 saturated carbocycles. The first-order valence-electron chi connectivity index (χ1n) is 10.6. The van der Waals surface area contributed by atoms with Gasteiger partial charge in [-0.2, -0.15) is 0 Å². The number of imidazole rings is 1. The first kappa shape index (κ1) is 19.4. The average Bonchev–Trinajstić information content (AvgIpc) is 3.43. The highest BCUT2D eigenvalue weighted by atomic mass is 16.2. The molecule has 1 aliphatic carbocycles. The number of fused-ring (bicyclic) bond motifs is 1. The fourth-order valence-electron chi connectivity index (χ4n) is 4.53. The molecule has 28 heavy (non-hydrogen) atoms. The molecule has 0 bridgehead atoms. The van der Waals surface area contributed by atoms with E-state index >= 15 is 0 Å². The van der Waals surface area contributed by atoms with E-state index < -0.39 is 0 Å². The van der Waals surface area contributed by atoms with Crippen molar-refractivity contribution in [3.63, 3.8) is 0 Å². The van der Waals surface area contributed by atoms with E-state index in [2.05, 4.69) is 42.1 Å². The zero-order chi connectivity index (χ0) is 19.8. The summed E-state index contributed by atoms with van der Waals surface area (Å²) in [5.74, 6) is 1.66. The van der Waals surface area contributed by atoms with Gasteiger partial charge in [0.2, 0.25) is 0 Å². The van der Waals surface area contributed by atoms with Gasteiger partial charge in [0.15, 0.2) is 5.69 Å². The molecule has 0 spiro atoms. The summed E-state index contributed by atoms with van der Waals surface area (Å²) in [7, 11) is 4.24. The van der Waals surface area contributed by atoms with E-state index in [0.29, 0.717) is 23.7 Å². The van der Waals surface area contributed by atoms with Crippen molar-refractivity contribution in [2.75, 3.05) is 40.3 Å². The van der Waals surface area contributed by atoms with Gasteiger partial charge in [-0.05, 0) is 65.9 Å². The van der Waals surface area contributed by atoms with Crippen molar-refractivity contribution < 1.29 is 4.79 Å². The van der Waals surface area contributed by atoms with Gasteiger partial charge in [-0.25, -0.2) is 4.98 Å². The van der Waals surface area contributed by atoms with Crippen molar-refractivity contribution in [1.82, 2.24) is 24.1 Å². The van der Waals surface area contributed by atoms with Crippen molar-refractivity contribution in [3.8, 4) is 0 Å². The van der Waals surface area contributed by atoms with Gasteiger partial charge < -0.3 is 14.2 Å². The summed E-state index contributed by atoms with van der Waals surface area (Å²) in [6.45, 7) is 8.22. The normalized spacial score (nSPS) is 23.7. The smallest absolute Gasteiger partial charge is 0.274 e. The molecular weight excluding hydrogens is 350 g/mol. The fourth-order valence-corrected chi connectivity index (χ4v) is 4.53. The fraction of sp³-hybridized carbons (Fsp3) is 0.636. The Bertz CT molecular complexity index is 829. The van der Waals surface area contributed by atoms with Crippen LogP contribution in [0.4, 0.5) is 0 Å². The molecule has 0 N–H and O–H groups in total. The molecule has 2 aromatic heterocycles. The summed E-state index contributed by atoms with van der Waals surface area (Å²) in [6, 6.07) is 6.78. The summed E-state index contributed by atoms with van der Waals surface area (Å²) in [5.41, 5.74) is 1.58.